The van der Waals surface area contributed by atoms with Crippen molar-refractivity contribution in [3.05, 3.63) is 312 Å². The number of aromatic nitrogens is 4. The highest BCUT2D eigenvalue weighted by Gasteiger charge is 2.38. The van der Waals surface area contributed by atoms with E-state index < -0.39 is 9.49 Å². The van der Waals surface area contributed by atoms with Crippen molar-refractivity contribution in [2.45, 2.75) is 9.49 Å². The number of hydrogen-bond acceptors (Lipinski definition) is 12. The molecule has 0 radical (unpaired) electrons. The number of nitrogens with one attached hydrogen (secondary N) is 2. The SMILES string of the molecule is O=C(CN(/N=C/c1ccccn1)c1cc(N(CC(=O)NCCSC(c2ccccc2)(c2ccccc2)c2ccccc2)/N=C/c2ccccn2)nc(-c2ccccc2)n1)NCCSC(c1ccccc1)(c1ccccc1)c1ccccc1. The predicted molar refractivity (Wildman–Crippen MR) is 335 cm³/mol. The lowest BCUT2D eigenvalue weighted by Gasteiger charge is -2.35. The molecule has 3 heterocycles. The number of amides is 2. The normalized spacial score (nSPS) is 11.6. The summed E-state index contributed by atoms with van der Waals surface area (Å²) in [5.74, 6) is 1.48. The monoisotopic (exact) mass is 1110 g/mol. The molecule has 0 aliphatic carbocycles. The average molecular weight is 1110 g/mol. The number of rotatable bonds is 25. The Bertz CT molecular complexity index is 3220. The zero-order chi connectivity index (χ0) is 56.1. The van der Waals surface area contributed by atoms with Gasteiger partial charge in [-0.25, -0.2) is 20.0 Å². The molecule has 0 saturated heterocycles. The quantitative estimate of drug-likeness (QED) is 0.0246. The zero-order valence-corrected chi connectivity index (χ0v) is 46.6. The fourth-order valence-electron chi connectivity index (χ4n) is 9.64. The molecule has 82 heavy (non-hydrogen) atoms. The second-order valence-corrected chi connectivity index (χ2v) is 21.5. The number of hydrazone groups is 2. The molecular weight excluding hydrogens is 1050 g/mol. The van der Waals surface area contributed by atoms with Crippen LogP contribution in [0.3, 0.4) is 0 Å². The zero-order valence-electron chi connectivity index (χ0n) is 45.0. The minimum Gasteiger partial charge on any atom is -0.354 e. The van der Waals surface area contributed by atoms with Gasteiger partial charge in [-0.1, -0.05) is 224 Å². The molecule has 10 aromatic rings. The van der Waals surface area contributed by atoms with E-state index in [2.05, 4.69) is 166 Å². The molecule has 0 aliphatic rings. The standard InChI is InChI=1S/C68H60N10O2S2/c79-64(71-44-46-81-67(54-28-10-2-11-29-54,55-30-12-3-13-31-55)56-32-14-4-15-33-56)51-77(73-49-60-40-22-24-42-69-60)62-48-63(76-66(75-62)53-26-8-1-9-27-53)78(74-50-61-41-23-25-43-70-61)52-65(80)72-45-47-82-68(57-34-16-5-17-35-57,58-36-18-6-19-37-58)59-38-20-7-21-39-59/h1-43,48-50H,44-47,51-52H2,(H,71,79)(H,72,80)/b73-49+,74-50+. The van der Waals surface area contributed by atoms with Crippen molar-refractivity contribution >= 4 is 59.4 Å². The Morgan fingerprint density at radius 3 is 1.02 bits per heavy atom. The summed E-state index contributed by atoms with van der Waals surface area (Å²) in [4.78, 5) is 47.8. The summed E-state index contributed by atoms with van der Waals surface area (Å²) in [7, 11) is 0. The summed E-state index contributed by atoms with van der Waals surface area (Å²) in [6, 6.07) is 85.2. The van der Waals surface area contributed by atoms with Gasteiger partial charge in [-0.05, 0) is 57.6 Å². The molecular formula is C68H60N10O2S2. The van der Waals surface area contributed by atoms with Crippen molar-refractivity contribution in [3.8, 4) is 11.4 Å². The molecule has 12 nitrogen and oxygen atoms in total. The lowest BCUT2D eigenvalue weighted by molar-refractivity contribution is -0.120. The third-order valence-corrected chi connectivity index (χ3v) is 16.5. The molecule has 0 aliphatic heterocycles. The Kier molecular flexibility index (Phi) is 19.1. The first-order valence-electron chi connectivity index (χ1n) is 27.0. The minimum atomic E-state index is -0.557. The topological polar surface area (TPSA) is 141 Å². The van der Waals surface area contributed by atoms with Gasteiger partial charge in [-0.3, -0.25) is 19.6 Å². The molecule has 0 unspecified atom stereocenters. The van der Waals surface area contributed by atoms with E-state index in [0.717, 1.165) is 33.4 Å². The molecule has 14 heteroatoms. The van der Waals surface area contributed by atoms with Crippen LogP contribution >= 0.6 is 23.5 Å². The summed E-state index contributed by atoms with van der Waals surface area (Å²) in [6.07, 6.45) is 6.54. The molecule has 7 aromatic carbocycles. The fourth-order valence-corrected chi connectivity index (χ4v) is 12.5. The van der Waals surface area contributed by atoms with Crippen LogP contribution in [-0.4, -0.2) is 81.9 Å². The van der Waals surface area contributed by atoms with Gasteiger partial charge < -0.3 is 10.6 Å². The summed E-state index contributed by atoms with van der Waals surface area (Å²) in [5.41, 5.74) is 8.66. The average Bonchev–Trinajstić information content (AvgIpc) is 3.33. The first-order valence-corrected chi connectivity index (χ1v) is 29.0. The second kappa shape index (κ2) is 28.1. The molecule has 2 amide bonds. The van der Waals surface area contributed by atoms with Crippen molar-refractivity contribution in [2.24, 2.45) is 10.2 Å². The van der Waals surface area contributed by atoms with Crippen LogP contribution < -0.4 is 20.7 Å². The van der Waals surface area contributed by atoms with Crippen LogP contribution in [0.1, 0.15) is 44.8 Å². The number of benzene rings is 7. The summed E-state index contributed by atoms with van der Waals surface area (Å²) >= 11 is 3.53. The van der Waals surface area contributed by atoms with Gasteiger partial charge in [0.2, 0.25) is 11.8 Å². The number of pyridine rings is 2. The highest BCUT2D eigenvalue weighted by atomic mass is 32.2. The largest absolute Gasteiger partial charge is 0.354 e. The maximum absolute atomic E-state index is 14.4. The van der Waals surface area contributed by atoms with E-state index in [-0.39, 0.29) is 36.5 Å². The Morgan fingerprint density at radius 1 is 0.415 bits per heavy atom. The molecule has 0 bridgehead atoms. The molecule has 0 fully saturated rings. The van der Waals surface area contributed by atoms with Gasteiger partial charge in [-0.2, -0.15) is 10.2 Å². The minimum absolute atomic E-state index is 0.217. The van der Waals surface area contributed by atoms with Crippen LogP contribution in [0.25, 0.3) is 11.4 Å². The van der Waals surface area contributed by atoms with E-state index in [1.165, 1.54) is 10.0 Å². The summed E-state index contributed by atoms with van der Waals surface area (Å²) in [5, 5.41) is 19.1. The number of carbonyl (C=O) groups excluding carboxylic acids is 2. The van der Waals surface area contributed by atoms with Crippen molar-refractivity contribution in [1.29, 1.82) is 0 Å². The van der Waals surface area contributed by atoms with Crippen molar-refractivity contribution in [1.82, 2.24) is 30.6 Å². The number of carbonyl (C=O) groups is 2. The molecule has 0 spiro atoms. The summed E-state index contributed by atoms with van der Waals surface area (Å²) in [6.45, 7) is 0.280. The molecule has 406 valence electrons. The van der Waals surface area contributed by atoms with Gasteiger partial charge in [-0.15, -0.1) is 23.5 Å². The van der Waals surface area contributed by atoms with E-state index in [9.17, 15) is 9.59 Å². The maximum Gasteiger partial charge on any atom is 0.241 e. The second-order valence-electron chi connectivity index (χ2n) is 18.8. The number of anilines is 2. The van der Waals surface area contributed by atoms with Gasteiger partial charge in [0.05, 0.1) is 33.3 Å². The van der Waals surface area contributed by atoms with Crippen molar-refractivity contribution in [3.63, 3.8) is 0 Å². The molecule has 2 N–H and O–H groups in total. The number of hydrogen-bond donors (Lipinski definition) is 2. The third kappa shape index (κ3) is 13.9. The van der Waals surface area contributed by atoms with Crippen LogP contribution in [0.15, 0.2) is 277 Å². The fraction of sp³-hybridized carbons (Fsp3) is 0.118. The molecule has 0 atom stereocenters. The van der Waals surface area contributed by atoms with E-state index in [0.29, 0.717) is 47.4 Å². The molecule has 3 aromatic heterocycles. The van der Waals surface area contributed by atoms with E-state index >= 15 is 0 Å². The predicted octanol–water partition coefficient (Wildman–Crippen LogP) is 12.3. The highest BCUT2D eigenvalue weighted by Crippen LogP contribution is 2.49. The van der Waals surface area contributed by atoms with Crippen LogP contribution in [0, 0.1) is 0 Å². The van der Waals surface area contributed by atoms with E-state index in [1.807, 2.05) is 103 Å². The van der Waals surface area contributed by atoms with E-state index in [1.54, 1.807) is 54.4 Å². The van der Waals surface area contributed by atoms with Crippen molar-refractivity contribution < 1.29 is 9.59 Å². The Morgan fingerprint density at radius 2 is 0.720 bits per heavy atom. The van der Waals surface area contributed by atoms with Gasteiger partial charge in [0.1, 0.15) is 13.1 Å². The summed E-state index contributed by atoms with van der Waals surface area (Å²) < 4.78 is -1.11. The van der Waals surface area contributed by atoms with Gasteiger partial charge in [0, 0.05) is 48.6 Å². The first kappa shape index (κ1) is 55.8. The highest BCUT2D eigenvalue weighted by molar-refractivity contribution is 8.00. The number of nitrogens with zero attached hydrogens (tertiary/aromatic N) is 8. The van der Waals surface area contributed by atoms with Gasteiger partial charge >= 0.3 is 0 Å². The Labute approximate surface area is 487 Å². The maximum atomic E-state index is 14.4. The molecule has 10 rings (SSSR count). The van der Waals surface area contributed by atoms with Crippen LogP contribution in [0.4, 0.5) is 11.6 Å². The first-order chi connectivity index (χ1) is 40.5. The third-order valence-electron chi connectivity index (χ3n) is 13.4. The van der Waals surface area contributed by atoms with Crippen molar-refractivity contribution in [2.75, 3.05) is 47.7 Å². The van der Waals surface area contributed by atoms with Crippen LogP contribution in [0.2, 0.25) is 0 Å². The lowest BCUT2D eigenvalue weighted by atomic mass is 9.84. The number of thioether (sulfide) groups is 2. The van der Waals surface area contributed by atoms with Crippen LogP contribution in [0.5, 0.6) is 0 Å². The Hall–Kier alpha value is -9.50. The Balaban J connectivity index is 0.931. The molecule has 0 saturated carbocycles. The van der Waals surface area contributed by atoms with Gasteiger partial charge in [0.25, 0.3) is 0 Å². The smallest absolute Gasteiger partial charge is 0.241 e. The van der Waals surface area contributed by atoms with Gasteiger partial charge in [0.15, 0.2) is 17.5 Å². The van der Waals surface area contributed by atoms with Crippen LogP contribution in [-0.2, 0) is 19.1 Å². The van der Waals surface area contributed by atoms with E-state index in [4.69, 9.17) is 20.2 Å². The lowest BCUT2D eigenvalue weighted by Crippen LogP contribution is -2.38.